The van der Waals surface area contributed by atoms with E-state index < -0.39 is 0 Å². The van der Waals surface area contributed by atoms with Crippen molar-refractivity contribution < 1.29 is 5.11 Å². The maximum absolute atomic E-state index is 8.85. The molecule has 0 saturated carbocycles. The number of aliphatic hydroxyl groups is 1. The van der Waals surface area contributed by atoms with Crippen LogP contribution < -0.4 is 5.73 Å². The first-order valence-corrected chi connectivity index (χ1v) is 4.90. The molecule has 2 aromatic heterocycles. The van der Waals surface area contributed by atoms with Crippen molar-refractivity contribution in [2.24, 2.45) is 5.73 Å². The number of thiophene rings is 1. The topological polar surface area (TPSA) is 59.1 Å². The van der Waals surface area contributed by atoms with E-state index in [9.17, 15) is 0 Å². The molecular weight excluding hydrogens is 184 g/mol. The fourth-order valence-corrected chi connectivity index (χ4v) is 1.89. The van der Waals surface area contributed by atoms with Gasteiger partial charge in [0, 0.05) is 0 Å². The van der Waals surface area contributed by atoms with Gasteiger partial charge in [0.2, 0.25) is 0 Å². The third-order valence-corrected chi connectivity index (χ3v) is 2.78. The highest BCUT2D eigenvalue weighted by molar-refractivity contribution is 7.17. The number of aliphatic hydroxyl groups excluding tert-OH is 1. The summed E-state index contributed by atoms with van der Waals surface area (Å²) in [5.41, 5.74) is 7.34. The first-order valence-electron chi connectivity index (χ1n) is 4.02. The Hall–Kier alpha value is -0.970. The third kappa shape index (κ3) is 1.56. The summed E-state index contributed by atoms with van der Waals surface area (Å²) < 4.78 is 1.15. The molecule has 0 bridgehead atoms. The quantitative estimate of drug-likeness (QED) is 0.757. The monoisotopic (exact) mass is 194 g/mol. The highest BCUT2D eigenvalue weighted by Gasteiger charge is 2.06. The van der Waals surface area contributed by atoms with Crippen LogP contribution in [-0.2, 0) is 0 Å². The molecule has 0 saturated heterocycles. The van der Waals surface area contributed by atoms with Gasteiger partial charge in [0.25, 0.3) is 0 Å². The average Bonchev–Trinajstić information content (AvgIpc) is 2.63. The molecule has 1 unspecified atom stereocenters. The normalized spacial score (nSPS) is 13.4. The lowest BCUT2D eigenvalue weighted by Gasteiger charge is -2.06. The molecule has 3 N–H and O–H groups in total. The van der Waals surface area contributed by atoms with E-state index >= 15 is 0 Å². The first-order chi connectivity index (χ1) is 6.31. The van der Waals surface area contributed by atoms with Crippen molar-refractivity contribution in [3.8, 4) is 0 Å². The van der Waals surface area contributed by atoms with Crippen LogP contribution in [0, 0.1) is 0 Å². The van der Waals surface area contributed by atoms with Crippen LogP contribution in [0.2, 0.25) is 0 Å². The Kier molecular flexibility index (Phi) is 2.26. The van der Waals surface area contributed by atoms with Gasteiger partial charge in [-0.2, -0.15) is 0 Å². The second-order valence-corrected chi connectivity index (χ2v) is 3.78. The molecule has 0 spiro atoms. The van der Waals surface area contributed by atoms with Crippen molar-refractivity contribution in [2.75, 3.05) is 6.61 Å². The van der Waals surface area contributed by atoms with E-state index in [1.165, 1.54) is 0 Å². The summed E-state index contributed by atoms with van der Waals surface area (Å²) in [5, 5.41) is 10.8. The van der Waals surface area contributed by atoms with Crippen LogP contribution in [0.3, 0.4) is 0 Å². The van der Waals surface area contributed by atoms with Gasteiger partial charge < -0.3 is 10.8 Å². The number of hydrogen-bond donors (Lipinski definition) is 2. The van der Waals surface area contributed by atoms with Crippen molar-refractivity contribution in [1.82, 2.24) is 4.98 Å². The minimum absolute atomic E-state index is 0.0668. The summed E-state index contributed by atoms with van der Waals surface area (Å²) in [6.45, 7) is -0.0668. The molecule has 2 aromatic rings. The van der Waals surface area contributed by atoms with Gasteiger partial charge >= 0.3 is 0 Å². The van der Waals surface area contributed by atoms with E-state index in [0.29, 0.717) is 0 Å². The summed E-state index contributed by atoms with van der Waals surface area (Å²) in [6, 6.07) is 5.43. The van der Waals surface area contributed by atoms with Crippen LogP contribution in [0.15, 0.2) is 23.6 Å². The van der Waals surface area contributed by atoms with Crippen molar-refractivity contribution >= 4 is 21.6 Å². The van der Waals surface area contributed by atoms with Crippen LogP contribution >= 0.6 is 11.3 Å². The molecule has 13 heavy (non-hydrogen) atoms. The molecule has 3 nitrogen and oxygen atoms in total. The Bertz CT molecular complexity index is 413. The molecule has 0 fully saturated rings. The lowest BCUT2D eigenvalue weighted by molar-refractivity contribution is 0.266. The number of hydrogen-bond acceptors (Lipinski definition) is 4. The summed E-state index contributed by atoms with van der Waals surface area (Å²) in [7, 11) is 0. The number of pyridine rings is 1. The zero-order valence-electron chi connectivity index (χ0n) is 6.97. The van der Waals surface area contributed by atoms with Gasteiger partial charge in [-0.05, 0) is 23.6 Å². The molecule has 0 aliphatic rings. The molecule has 0 radical (unpaired) electrons. The average molecular weight is 194 g/mol. The largest absolute Gasteiger partial charge is 0.394 e. The Morgan fingerprint density at radius 1 is 1.46 bits per heavy atom. The standard InChI is InChI=1S/C9H10N2OS/c10-6(5-12)7-1-2-9-8(11-7)3-4-13-9/h1-4,6,12H,5,10H2. The molecule has 2 heterocycles. The third-order valence-electron chi connectivity index (χ3n) is 1.90. The Morgan fingerprint density at radius 3 is 3.08 bits per heavy atom. The Labute approximate surface area is 79.8 Å². The van der Waals surface area contributed by atoms with E-state index in [-0.39, 0.29) is 12.6 Å². The second kappa shape index (κ2) is 3.41. The number of aromatic nitrogens is 1. The van der Waals surface area contributed by atoms with Gasteiger partial charge in [0.05, 0.1) is 28.6 Å². The maximum atomic E-state index is 8.85. The predicted molar refractivity (Wildman–Crippen MR) is 53.6 cm³/mol. The molecule has 2 rings (SSSR count). The van der Waals surface area contributed by atoms with Gasteiger partial charge in [-0.25, -0.2) is 0 Å². The van der Waals surface area contributed by atoms with Gasteiger partial charge in [-0.3, -0.25) is 4.98 Å². The lowest BCUT2D eigenvalue weighted by atomic mass is 10.2. The van der Waals surface area contributed by atoms with E-state index in [2.05, 4.69) is 4.98 Å². The number of nitrogens with zero attached hydrogens (tertiary/aromatic N) is 1. The predicted octanol–water partition coefficient (Wildman–Crippen LogP) is 1.29. The van der Waals surface area contributed by atoms with Gasteiger partial charge in [0.15, 0.2) is 0 Å². The molecule has 0 aliphatic heterocycles. The number of nitrogens with two attached hydrogens (primary N) is 1. The van der Waals surface area contributed by atoms with Crippen LogP contribution in [0.1, 0.15) is 11.7 Å². The van der Waals surface area contributed by atoms with E-state index in [4.69, 9.17) is 10.8 Å². The summed E-state index contributed by atoms with van der Waals surface area (Å²) in [5.74, 6) is 0. The van der Waals surface area contributed by atoms with E-state index in [0.717, 1.165) is 15.9 Å². The van der Waals surface area contributed by atoms with E-state index in [1.807, 2.05) is 23.6 Å². The van der Waals surface area contributed by atoms with Crippen molar-refractivity contribution in [1.29, 1.82) is 0 Å². The van der Waals surface area contributed by atoms with Crippen molar-refractivity contribution in [3.63, 3.8) is 0 Å². The lowest BCUT2D eigenvalue weighted by Crippen LogP contribution is -2.15. The van der Waals surface area contributed by atoms with Gasteiger partial charge in [-0.1, -0.05) is 0 Å². The highest BCUT2D eigenvalue weighted by atomic mass is 32.1. The SMILES string of the molecule is NC(CO)c1ccc2sccc2n1. The van der Waals surface area contributed by atoms with Crippen LogP contribution in [0.25, 0.3) is 10.2 Å². The first kappa shape index (κ1) is 8.62. The molecule has 0 aromatic carbocycles. The Morgan fingerprint density at radius 2 is 2.31 bits per heavy atom. The van der Waals surface area contributed by atoms with Crippen LogP contribution in [0.5, 0.6) is 0 Å². The minimum atomic E-state index is -0.371. The molecular formula is C9H10N2OS. The van der Waals surface area contributed by atoms with Gasteiger partial charge in [-0.15, -0.1) is 11.3 Å². The van der Waals surface area contributed by atoms with Crippen LogP contribution in [-0.4, -0.2) is 16.7 Å². The summed E-state index contributed by atoms with van der Waals surface area (Å²) in [4.78, 5) is 4.33. The fraction of sp³-hybridized carbons (Fsp3) is 0.222. The fourth-order valence-electron chi connectivity index (χ4n) is 1.17. The minimum Gasteiger partial charge on any atom is -0.394 e. The summed E-state index contributed by atoms with van der Waals surface area (Å²) in [6.07, 6.45) is 0. The van der Waals surface area contributed by atoms with Crippen molar-refractivity contribution in [3.05, 3.63) is 29.3 Å². The number of rotatable bonds is 2. The molecule has 0 aliphatic carbocycles. The molecule has 0 amide bonds. The van der Waals surface area contributed by atoms with E-state index in [1.54, 1.807) is 11.3 Å². The smallest absolute Gasteiger partial charge is 0.0813 e. The zero-order valence-corrected chi connectivity index (χ0v) is 7.79. The molecule has 68 valence electrons. The molecule has 1 atom stereocenters. The van der Waals surface area contributed by atoms with Crippen LogP contribution in [0.4, 0.5) is 0 Å². The van der Waals surface area contributed by atoms with Gasteiger partial charge in [0.1, 0.15) is 0 Å². The Balaban J connectivity index is 2.48. The van der Waals surface area contributed by atoms with Crippen molar-refractivity contribution in [2.45, 2.75) is 6.04 Å². The maximum Gasteiger partial charge on any atom is 0.0813 e. The summed E-state index contributed by atoms with van der Waals surface area (Å²) >= 11 is 1.65. The molecule has 4 heteroatoms. The zero-order chi connectivity index (χ0) is 9.26. The highest BCUT2D eigenvalue weighted by Crippen LogP contribution is 2.20. The number of fused-ring (bicyclic) bond motifs is 1. The second-order valence-electron chi connectivity index (χ2n) is 2.83.